The Balaban J connectivity index is 1.49. The number of pyridine rings is 2. The van der Waals surface area contributed by atoms with Crippen molar-refractivity contribution in [3.8, 4) is 11.3 Å². The number of carboxylic acid groups (broad SMARTS) is 1. The van der Waals surface area contributed by atoms with Crippen LogP contribution >= 0.6 is 11.6 Å². The van der Waals surface area contributed by atoms with Gasteiger partial charge in [-0.05, 0) is 49.6 Å². The van der Waals surface area contributed by atoms with Crippen LogP contribution in [0.1, 0.15) is 61.1 Å². The molecule has 0 unspecified atom stereocenters. The lowest BCUT2D eigenvalue weighted by atomic mass is 9.86. The molecule has 41 heavy (non-hydrogen) atoms. The fourth-order valence-electron chi connectivity index (χ4n) is 4.89. The average molecular weight is 579 g/mol. The zero-order chi connectivity index (χ0) is 29.9. The molecular weight excluding hydrogens is 551 g/mol. The molecule has 1 N–H and O–H groups in total. The zero-order valence-electron chi connectivity index (χ0n) is 23.2. The molecule has 1 aliphatic rings. The minimum atomic E-state index is -1.26. The number of carbonyl (C=O) groups is 3. The van der Waals surface area contributed by atoms with Crippen LogP contribution < -0.4 is 4.90 Å². The van der Waals surface area contributed by atoms with Gasteiger partial charge in [-0.25, -0.2) is 19.2 Å². The summed E-state index contributed by atoms with van der Waals surface area (Å²) in [6.45, 7) is 9.61. The second-order valence-corrected chi connectivity index (χ2v) is 11.8. The molecule has 2 amide bonds. The van der Waals surface area contributed by atoms with Crippen LogP contribution in [0.2, 0.25) is 5.02 Å². The highest BCUT2D eigenvalue weighted by molar-refractivity contribution is 6.30. The Hall–Kier alpha value is -4.31. The van der Waals surface area contributed by atoms with E-state index >= 15 is 0 Å². The van der Waals surface area contributed by atoms with E-state index in [1.54, 1.807) is 26.0 Å². The average Bonchev–Trinajstić information content (AvgIpc) is 3.34. The van der Waals surface area contributed by atoms with Crippen LogP contribution in [0.15, 0.2) is 53.1 Å². The van der Waals surface area contributed by atoms with Crippen molar-refractivity contribution >= 4 is 46.3 Å². The zero-order valence-corrected chi connectivity index (χ0v) is 23.9. The SMILES string of the molecule is CC(C)(C)c1cc(-c2ccc(Cl)c(F)c2)nc2cc(C(=O)N3CCN(c4ccc(C(=O)O)cn4)C(=O)C3(C)C)oc12. The van der Waals surface area contributed by atoms with E-state index in [2.05, 4.69) is 9.97 Å². The predicted octanol–water partition coefficient (Wildman–Crippen LogP) is 5.95. The summed E-state index contributed by atoms with van der Waals surface area (Å²) in [5.74, 6) is -2.21. The Morgan fingerprint density at radius 1 is 1.10 bits per heavy atom. The van der Waals surface area contributed by atoms with E-state index in [0.717, 1.165) is 5.56 Å². The molecule has 5 rings (SSSR count). The van der Waals surface area contributed by atoms with E-state index in [1.165, 1.54) is 40.3 Å². The number of hydrogen-bond donors (Lipinski definition) is 1. The molecule has 0 radical (unpaired) electrons. The highest BCUT2D eigenvalue weighted by Crippen LogP contribution is 2.36. The Morgan fingerprint density at radius 2 is 1.83 bits per heavy atom. The number of amides is 2. The fourth-order valence-corrected chi connectivity index (χ4v) is 5.01. The Morgan fingerprint density at radius 3 is 2.44 bits per heavy atom. The summed E-state index contributed by atoms with van der Waals surface area (Å²) in [7, 11) is 0. The van der Waals surface area contributed by atoms with E-state index in [-0.39, 0.29) is 35.3 Å². The van der Waals surface area contributed by atoms with Crippen molar-refractivity contribution in [1.82, 2.24) is 14.9 Å². The number of aromatic nitrogens is 2. The number of hydrogen-bond acceptors (Lipinski definition) is 6. The summed E-state index contributed by atoms with van der Waals surface area (Å²) in [6, 6.07) is 10.7. The fraction of sp³-hybridized carbons (Fsp3) is 0.300. The maximum Gasteiger partial charge on any atom is 0.337 e. The van der Waals surface area contributed by atoms with Gasteiger partial charge >= 0.3 is 5.97 Å². The number of rotatable bonds is 4. The van der Waals surface area contributed by atoms with Gasteiger partial charge in [-0.2, -0.15) is 0 Å². The first-order chi connectivity index (χ1) is 19.2. The van der Waals surface area contributed by atoms with Crippen LogP contribution in [-0.2, 0) is 10.2 Å². The number of fused-ring (bicyclic) bond motifs is 1. The molecule has 0 atom stereocenters. The van der Waals surface area contributed by atoms with Crippen molar-refractivity contribution in [2.45, 2.75) is 45.6 Å². The first-order valence-corrected chi connectivity index (χ1v) is 13.3. The largest absolute Gasteiger partial charge is 0.478 e. The van der Waals surface area contributed by atoms with E-state index in [1.807, 2.05) is 26.8 Å². The maximum absolute atomic E-state index is 14.2. The molecule has 0 spiro atoms. The highest BCUT2D eigenvalue weighted by Gasteiger charge is 2.46. The molecule has 1 aromatic carbocycles. The minimum absolute atomic E-state index is 0.00625. The van der Waals surface area contributed by atoms with Crippen LogP contribution in [0, 0.1) is 5.82 Å². The van der Waals surface area contributed by atoms with Gasteiger partial charge in [0.1, 0.15) is 22.7 Å². The number of anilines is 1. The monoisotopic (exact) mass is 578 g/mol. The lowest BCUT2D eigenvalue weighted by molar-refractivity contribution is -0.129. The van der Waals surface area contributed by atoms with Gasteiger partial charge in [-0.3, -0.25) is 14.5 Å². The lowest BCUT2D eigenvalue weighted by Crippen LogP contribution is -2.64. The molecule has 1 aliphatic heterocycles. The van der Waals surface area contributed by atoms with Gasteiger partial charge in [0, 0.05) is 36.5 Å². The number of carbonyl (C=O) groups excluding carboxylic acids is 2. The third kappa shape index (κ3) is 5.04. The summed E-state index contributed by atoms with van der Waals surface area (Å²) in [5, 5.41) is 9.14. The number of halogens is 2. The van der Waals surface area contributed by atoms with Crippen LogP contribution in [0.3, 0.4) is 0 Å². The number of piperazine rings is 1. The Bertz CT molecular complexity index is 1710. The van der Waals surface area contributed by atoms with Gasteiger partial charge in [0.2, 0.25) is 0 Å². The summed E-state index contributed by atoms with van der Waals surface area (Å²) >= 11 is 5.87. The van der Waals surface area contributed by atoms with Crippen molar-refractivity contribution in [3.05, 3.63) is 76.4 Å². The molecular formula is C30H28ClFN4O5. The predicted molar refractivity (Wildman–Crippen MR) is 152 cm³/mol. The van der Waals surface area contributed by atoms with Crippen molar-refractivity contribution in [3.63, 3.8) is 0 Å². The highest BCUT2D eigenvalue weighted by atomic mass is 35.5. The summed E-state index contributed by atoms with van der Waals surface area (Å²) in [4.78, 5) is 50.1. The third-order valence-electron chi connectivity index (χ3n) is 7.22. The van der Waals surface area contributed by atoms with Crippen molar-refractivity contribution in [2.75, 3.05) is 18.0 Å². The molecule has 0 aliphatic carbocycles. The molecule has 1 fully saturated rings. The number of aromatic carboxylic acids is 1. The number of carboxylic acids is 1. The first-order valence-electron chi connectivity index (χ1n) is 12.9. The van der Waals surface area contributed by atoms with Crippen LogP contribution in [0.5, 0.6) is 0 Å². The molecule has 9 nitrogen and oxygen atoms in total. The van der Waals surface area contributed by atoms with E-state index < -0.39 is 28.6 Å². The Labute approximate surface area is 240 Å². The van der Waals surface area contributed by atoms with Crippen LogP contribution in [0.25, 0.3) is 22.4 Å². The third-order valence-corrected chi connectivity index (χ3v) is 7.53. The molecule has 4 heterocycles. The van der Waals surface area contributed by atoms with E-state index in [4.69, 9.17) is 21.1 Å². The van der Waals surface area contributed by atoms with Gasteiger partial charge in [0.15, 0.2) is 11.3 Å². The van der Waals surface area contributed by atoms with Crippen molar-refractivity contribution < 1.29 is 28.3 Å². The standard InChI is InChI=1S/C30H28ClFN4O5/c1-29(2,3)18-13-21(16-6-8-19(31)20(32)12-16)34-22-14-23(41-25(18)22)26(37)36-11-10-35(28(40)30(36,4)5)24-9-7-17(15-33-24)27(38)39/h6-9,12-15H,10-11H2,1-5H3,(H,38,39). The van der Waals surface area contributed by atoms with Gasteiger partial charge in [0.25, 0.3) is 11.8 Å². The summed E-state index contributed by atoms with van der Waals surface area (Å²) in [5.41, 5.74) is 1.03. The summed E-state index contributed by atoms with van der Waals surface area (Å²) < 4.78 is 20.3. The van der Waals surface area contributed by atoms with Gasteiger partial charge in [-0.15, -0.1) is 0 Å². The minimum Gasteiger partial charge on any atom is -0.478 e. The number of benzene rings is 1. The second-order valence-electron chi connectivity index (χ2n) is 11.4. The maximum atomic E-state index is 14.2. The van der Waals surface area contributed by atoms with E-state index in [9.17, 15) is 18.8 Å². The second kappa shape index (κ2) is 9.95. The quantitative estimate of drug-likeness (QED) is 0.318. The van der Waals surface area contributed by atoms with Gasteiger partial charge in [0.05, 0.1) is 16.3 Å². The molecule has 3 aromatic heterocycles. The molecule has 212 valence electrons. The molecule has 11 heteroatoms. The topological polar surface area (TPSA) is 117 Å². The van der Waals surface area contributed by atoms with Crippen LogP contribution in [0.4, 0.5) is 10.2 Å². The van der Waals surface area contributed by atoms with Crippen LogP contribution in [-0.4, -0.2) is 56.4 Å². The molecule has 0 bridgehead atoms. The normalized spacial score (nSPS) is 15.4. The molecule has 1 saturated heterocycles. The van der Waals surface area contributed by atoms with Crippen molar-refractivity contribution in [2.24, 2.45) is 0 Å². The smallest absolute Gasteiger partial charge is 0.337 e. The summed E-state index contributed by atoms with van der Waals surface area (Å²) in [6.07, 6.45) is 1.19. The van der Waals surface area contributed by atoms with Crippen molar-refractivity contribution in [1.29, 1.82) is 0 Å². The first kappa shape index (κ1) is 28.2. The number of furan rings is 1. The molecule has 4 aromatic rings. The van der Waals surface area contributed by atoms with Gasteiger partial charge in [-0.1, -0.05) is 38.4 Å². The van der Waals surface area contributed by atoms with E-state index in [0.29, 0.717) is 28.2 Å². The Kier molecular flexibility index (Phi) is 6.85. The lowest BCUT2D eigenvalue weighted by Gasteiger charge is -2.45. The molecule has 0 saturated carbocycles. The number of nitrogens with zero attached hydrogens (tertiary/aromatic N) is 4. The van der Waals surface area contributed by atoms with Gasteiger partial charge < -0.3 is 14.4 Å².